The van der Waals surface area contributed by atoms with Gasteiger partial charge in [0.05, 0.1) is 10.7 Å². The lowest BCUT2D eigenvalue weighted by Gasteiger charge is -2.11. The Bertz CT molecular complexity index is 573. The van der Waals surface area contributed by atoms with E-state index in [1.165, 1.54) is 11.1 Å². The molecule has 0 aliphatic carbocycles. The van der Waals surface area contributed by atoms with Gasteiger partial charge in [0, 0.05) is 6.07 Å². The van der Waals surface area contributed by atoms with Crippen molar-refractivity contribution in [2.24, 2.45) is 0 Å². The third-order valence-corrected chi connectivity index (χ3v) is 3.04. The summed E-state index contributed by atoms with van der Waals surface area (Å²) >= 11 is 6.01. The highest BCUT2D eigenvalue weighted by Gasteiger charge is 2.06. The number of aryl methyl sites for hydroxylation is 3. The van der Waals surface area contributed by atoms with Gasteiger partial charge in [-0.15, -0.1) is 0 Å². The van der Waals surface area contributed by atoms with E-state index in [0.29, 0.717) is 10.7 Å². The summed E-state index contributed by atoms with van der Waals surface area (Å²) in [5.74, 6) is 1.55. The first-order valence-corrected chi connectivity index (χ1v) is 6.15. The molecule has 0 saturated carbocycles. The number of nitrogen functional groups attached to an aromatic ring is 1. The van der Waals surface area contributed by atoms with E-state index in [2.05, 4.69) is 6.07 Å². The largest absolute Gasteiger partial charge is 0.457 e. The third-order valence-electron chi connectivity index (χ3n) is 2.72. The highest BCUT2D eigenvalue weighted by atomic mass is 35.5. The molecule has 94 valence electrons. The molecule has 0 aliphatic heterocycles. The van der Waals surface area contributed by atoms with Crippen LogP contribution in [0.15, 0.2) is 30.3 Å². The average Bonchev–Trinajstić information content (AvgIpc) is 2.24. The second kappa shape index (κ2) is 4.91. The summed E-state index contributed by atoms with van der Waals surface area (Å²) in [4.78, 5) is 0. The fourth-order valence-electron chi connectivity index (χ4n) is 1.91. The number of rotatable bonds is 2. The number of benzene rings is 2. The molecule has 0 atom stereocenters. The van der Waals surface area contributed by atoms with Crippen LogP contribution >= 0.6 is 11.6 Å². The third kappa shape index (κ3) is 2.77. The van der Waals surface area contributed by atoms with Crippen molar-refractivity contribution in [2.45, 2.75) is 20.8 Å². The minimum atomic E-state index is 0.514. The van der Waals surface area contributed by atoms with Crippen molar-refractivity contribution in [3.05, 3.63) is 52.0 Å². The van der Waals surface area contributed by atoms with Crippen LogP contribution in [-0.2, 0) is 0 Å². The number of halogens is 1. The van der Waals surface area contributed by atoms with E-state index in [4.69, 9.17) is 22.1 Å². The molecule has 0 heterocycles. The molecule has 0 radical (unpaired) electrons. The van der Waals surface area contributed by atoms with E-state index in [1.54, 1.807) is 6.07 Å². The lowest BCUT2D eigenvalue weighted by atomic mass is 10.1. The minimum Gasteiger partial charge on any atom is -0.457 e. The maximum Gasteiger partial charge on any atom is 0.131 e. The zero-order valence-electron chi connectivity index (χ0n) is 10.8. The molecule has 0 amide bonds. The van der Waals surface area contributed by atoms with Crippen molar-refractivity contribution in [1.29, 1.82) is 0 Å². The van der Waals surface area contributed by atoms with Crippen molar-refractivity contribution in [3.8, 4) is 11.5 Å². The summed E-state index contributed by atoms with van der Waals surface area (Å²) in [6.07, 6.45) is 0. The molecule has 0 bridgehead atoms. The van der Waals surface area contributed by atoms with Gasteiger partial charge in [-0.3, -0.25) is 0 Å². The van der Waals surface area contributed by atoms with Crippen LogP contribution in [0.5, 0.6) is 11.5 Å². The van der Waals surface area contributed by atoms with Crippen LogP contribution in [0.1, 0.15) is 16.7 Å². The number of hydrogen-bond acceptors (Lipinski definition) is 2. The molecule has 3 heteroatoms. The lowest BCUT2D eigenvalue weighted by molar-refractivity contribution is 0.478. The lowest BCUT2D eigenvalue weighted by Crippen LogP contribution is -1.93. The van der Waals surface area contributed by atoms with E-state index in [-0.39, 0.29) is 0 Å². The SMILES string of the molecule is Cc1cc(C)cc(Oc2cc(Cl)c(N)cc2C)c1. The first-order chi connectivity index (χ1) is 8.45. The summed E-state index contributed by atoms with van der Waals surface area (Å²) in [5.41, 5.74) is 9.62. The Kier molecular flexibility index (Phi) is 3.48. The molecule has 0 aromatic heterocycles. The average molecular weight is 262 g/mol. The van der Waals surface area contributed by atoms with E-state index in [0.717, 1.165) is 17.1 Å². The maximum absolute atomic E-state index is 6.01. The van der Waals surface area contributed by atoms with Crippen LogP contribution in [-0.4, -0.2) is 0 Å². The van der Waals surface area contributed by atoms with Crippen molar-refractivity contribution < 1.29 is 4.74 Å². The number of ether oxygens (including phenoxy) is 1. The minimum absolute atomic E-state index is 0.514. The Hall–Kier alpha value is -1.67. The highest BCUT2D eigenvalue weighted by molar-refractivity contribution is 6.33. The van der Waals surface area contributed by atoms with Crippen molar-refractivity contribution in [2.75, 3.05) is 5.73 Å². The first-order valence-electron chi connectivity index (χ1n) is 5.77. The van der Waals surface area contributed by atoms with Gasteiger partial charge in [-0.1, -0.05) is 17.7 Å². The fourth-order valence-corrected chi connectivity index (χ4v) is 2.07. The standard InChI is InChI=1S/C15H16ClNO/c1-9-4-10(2)6-12(5-9)18-15-8-13(16)14(17)7-11(15)3/h4-8H,17H2,1-3H3. The molecular weight excluding hydrogens is 246 g/mol. The van der Waals surface area contributed by atoms with Gasteiger partial charge in [-0.2, -0.15) is 0 Å². The van der Waals surface area contributed by atoms with Gasteiger partial charge in [-0.05, 0) is 55.7 Å². The predicted octanol–water partition coefficient (Wildman–Crippen LogP) is 4.64. The van der Waals surface area contributed by atoms with E-state index >= 15 is 0 Å². The quantitative estimate of drug-likeness (QED) is 0.800. The molecule has 0 fully saturated rings. The second-order valence-electron chi connectivity index (χ2n) is 4.56. The molecule has 0 spiro atoms. The van der Waals surface area contributed by atoms with Crippen molar-refractivity contribution >= 4 is 17.3 Å². The van der Waals surface area contributed by atoms with Gasteiger partial charge in [0.1, 0.15) is 11.5 Å². The van der Waals surface area contributed by atoms with Gasteiger partial charge in [0.15, 0.2) is 0 Å². The van der Waals surface area contributed by atoms with Crippen LogP contribution in [0, 0.1) is 20.8 Å². The summed E-state index contributed by atoms with van der Waals surface area (Å²) < 4.78 is 5.87. The molecule has 2 N–H and O–H groups in total. The van der Waals surface area contributed by atoms with Gasteiger partial charge in [-0.25, -0.2) is 0 Å². The zero-order chi connectivity index (χ0) is 13.3. The number of hydrogen-bond donors (Lipinski definition) is 1. The molecule has 0 unspecified atom stereocenters. The van der Waals surface area contributed by atoms with Gasteiger partial charge in [0.25, 0.3) is 0 Å². The summed E-state index contributed by atoms with van der Waals surface area (Å²) in [6.45, 7) is 6.04. The number of anilines is 1. The van der Waals surface area contributed by atoms with E-state index in [1.807, 2.05) is 39.0 Å². The second-order valence-corrected chi connectivity index (χ2v) is 4.97. The Morgan fingerprint density at radius 1 is 0.944 bits per heavy atom. The fraction of sp³-hybridized carbons (Fsp3) is 0.200. The molecule has 2 rings (SSSR count). The summed E-state index contributed by atoms with van der Waals surface area (Å²) in [5, 5.41) is 0.514. The Labute approximate surface area is 112 Å². The smallest absolute Gasteiger partial charge is 0.131 e. The number of nitrogens with two attached hydrogens (primary N) is 1. The van der Waals surface area contributed by atoms with Crippen LogP contribution < -0.4 is 10.5 Å². The molecule has 2 nitrogen and oxygen atoms in total. The molecule has 18 heavy (non-hydrogen) atoms. The molecule has 0 aliphatic rings. The Morgan fingerprint density at radius 3 is 2.17 bits per heavy atom. The summed E-state index contributed by atoms with van der Waals surface area (Å²) in [7, 11) is 0. The van der Waals surface area contributed by atoms with E-state index in [9.17, 15) is 0 Å². The molecular formula is C15H16ClNO. The van der Waals surface area contributed by atoms with Crippen molar-refractivity contribution in [3.63, 3.8) is 0 Å². The monoisotopic (exact) mass is 261 g/mol. The Morgan fingerprint density at radius 2 is 1.56 bits per heavy atom. The Balaban J connectivity index is 2.36. The van der Waals surface area contributed by atoms with Crippen LogP contribution in [0.25, 0.3) is 0 Å². The van der Waals surface area contributed by atoms with Crippen LogP contribution in [0.2, 0.25) is 5.02 Å². The van der Waals surface area contributed by atoms with Gasteiger partial charge < -0.3 is 10.5 Å². The van der Waals surface area contributed by atoms with Crippen LogP contribution in [0.4, 0.5) is 5.69 Å². The van der Waals surface area contributed by atoms with Gasteiger partial charge in [0.2, 0.25) is 0 Å². The summed E-state index contributed by atoms with van der Waals surface area (Å²) in [6, 6.07) is 9.67. The normalized spacial score (nSPS) is 10.4. The predicted molar refractivity (Wildman–Crippen MR) is 76.6 cm³/mol. The molecule has 2 aromatic rings. The topological polar surface area (TPSA) is 35.2 Å². The zero-order valence-corrected chi connectivity index (χ0v) is 11.5. The highest BCUT2D eigenvalue weighted by Crippen LogP contribution is 2.32. The molecule has 0 saturated heterocycles. The van der Waals surface area contributed by atoms with Crippen LogP contribution in [0.3, 0.4) is 0 Å². The van der Waals surface area contributed by atoms with Crippen molar-refractivity contribution in [1.82, 2.24) is 0 Å². The first kappa shape index (κ1) is 12.8. The van der Waals surface area contributed by atoms with Gasteiger partial charge >= 0.3 is 0 Å². The molecule has 2 aromatic carbocycles. The maximum atomic E-state index is 6.01. The van der Waals surface area contributed by atoms with E-state index < -0.39 is 0 Å².